The third kappa shape index (κ3) is 2.91. The summed E-state index contributed by atoms with van der Waals surface area (Å²) in [6.07, 6.45) is 3.86. The molecule has 2 heterocycles. The maximum Gasteiger partial charge on any atom is 0.266 e. The van der Waals surface area contributed by atoms with Gasteiger partial charge < -0.3 is 9.47 Å². The van der Waals surface area contributed by atoms with Gasteiger partial charge in [0.2, 0.25) is 6.79 Å². The molecule has 0 atom stereocenters. The number of ether oxygens (including phenoxy) is 2. The summed E-state index contributed by atoms with van der Waals surface area (Å²) in [6.45, 7) is 3.04. The quantitative estimate of drug-likeness (QED) is 0.627. The summed E-state index contributed by atoms with van der Waals surface area (Å²) < 4.78 is 11.3. The molecule has 0 radical (unpaired) electrons. The molecule has 4 nitrogen and oxygen atoms in total. The molecular weight excluding hydrogens is 306 g/mol. The highest BCUT2D eigenvalue weighted by Crippen LogP contribution is 2.36. The standard InChI is InChI=1S/C15H15NO3S2/c1-2-3-6-16-14(17)13(21-15(16)20)8-10-4-5-11-12(7-10)19-9-18-11/h4-5,7-8H,2-3,6,9H2,1H3/b13-8+. The van der Waals surface area contributed by atoms with E-state index in [0.717, 1.165) is 24.2 Å². The van der Waals surface area contributed by atoms with E-state index < -0.39 is 0 Å². The Morgan fingerprint density at radius 2 is 2.19 bits per heavy atom. The SMILES string of the molecule is CCCCN1C(=O)/C(=C\c2ccc3c(c2)OCO3)SC1=S. The highest BCUT2D eigenvalue weighted by molar-refractivity contribution is 8.26. The molecule has 21 heavy (non-hydrogen) atoms. The minimum absolute atomic E-state index is 0.00360. The molecule has 0 saturated carbocycles. The third-order valence-corrected chi connectivity index (χ3v) is 4.68. The molecule has 0 unspecified atom stereocenters. The van der Waals surface area contributed by atoms with Crippen molar-refractivity contribution in [1.82, 2.24) is 4.90 Å². The smallest absolute Gasteiger partial charge is 0.266 e. The van der Waals surface area contributed by atoms with Crippen molar-refractivity contribution in [3.05, 3.63) is 28.7 Å². The number of benzene rings is 1. The van der Waals surface area contributed by atoms with E-state index in [1.807, 2.05) is 24.3 Å². The lowest BCUT2D eigenvalue weighted by Crippen LogP contribution is -2.28. The summed E-state index contributed by atoms with van der Waals surface area (Å²) in [5, 5.41) is 0. The van der Waals surface area contributed by atoms with Crippen LogP contribution < -0.4 is 9.47 Å². The average Bonchev–Trinajstić information content (AvgIpc) is 3.03. The van der Waals surface area contributed by atoms with Gasteiger partial charge in [0.25, 0.3) is 5.91 Å². The number of fused-ring (bicyclic) bond motifs is 1. The average molecular weight is 321 g/mol. The second-order valence-electron chi connectivity index (χ2n) is 4.80. The summed E-state index contributed by atoms with van der Waals surface area (Å²) in [7, 11) is 0. The van der Waals surface area contributed by atoms with Gasteiger partial charge in [-0.15, -0.1) is 0 Å². The second kappa shape index (κ2) is 6.07. The molecule has 0 aromatic heterocycles. The van der Waals surface area contributed by atoms with Crippen molar-refractivity contribution in [2.75, 3.05) is 13.3 Å². The molecule has 0 spiro atoms. The van der Waals surface area contributed by atoms with Crippen LogP contribution in [-0.4, -0.2) is 28.5 Å². The lowest BCUT2D eigenvalue weighted by Gasteiger charge is -2.12. The molecule has 110 valence electrons. The minimum atomic E-state index is -0.00360. The van der Waals surface area contributed by atoms with Gasteiger partial charge in [0.05, 0.1) is 4.91 Å². The monoisotopic (exact) mass is 321 g/mol. The zero-order valence-electron chi connectivity index (χ0n) is 11.6. The number of amides is 1. The Morgan fingerprint density at radius 3 is 3.00 bits per heavy atom. The van der Waals surface area contributed by atoms with Crippen molar-refractivity contribution in [3.8, 4) is 11.5 Å². The Kier molecular flexibility index (Phi) is 4.17. The molecule has 2 aliphatic rings. The normalized spacial score (nSPS) is 18.9. The van der Waals surface area contributed by atoms with Gasteiger partial charge in [0.15, 0.2) is 11.5 Å². The number of unbranched alkanes of at least 4 members (excludes halogenated alkanes) is 1. The third-order valence-electron chi connectivity index (χ3n) is 3.30. The Balaban J connectivity index is 1.80. The molecule has 0 N–H and O–H groups in total. The van der Waals surface area contributed by atoms with Crippen LogP contribution in [0.1, 0.15) is 25.3 Å². The number of nitrogens with zero attached hydrogens (tertiary/aromatic N) is 1. The molecule has 6 heteroatoms. The molecule has 2 aliphatic heterocycles. The highest BCUT2D eigenvalue weighted by atomic mass is 32.2. The lowest BCUT2D eigenvalue weighted by molar-refractivity contribution is -0.122. The molecule has 1 amide bonds. The fraction of sp³-hybridized carbons (Fsp3) is 0.333. The van der Waals surface area contributed by atoms with Gasteiger partial charge in [-0.3, -0.25) is 9.69 Å². The van der Waals surface area contributed by atoms with Crippen LogP contribution in [0.3, 0.4) is 0 Å². The van der Waals surface area contributed by atoms with Gasteiger partial charge in [0.1, 0.15) is 4.32 Å². The molecule has 1 aromatic rings. The number of carbonyl (C=O) groups excluding carboxylic acids is 1. The van der Waals surface area contributed by atoms with E-state index in [1.165, 1.54) is 11.8 Å². The number of thioether (sulfide) groups is 1. The van der Waals surface area contributed by atoms with Crippen LogP contribution in [0.5, 0.6) is 11.5 Å². The van der Waals surface area contributed by atoms with E-state index in [9.17, 15) is 4.79 Å². The first-order valence-corrected chi connectivity index (χ1v) is 8.06. The predicted molar refractivity (Wildman–Crippen MR) is 87.4 cm³/mol. The van der Waals surface area contributed by atoms with E-state index in [0.29, 0.717) is 21.5 Å². The Morgan fingerprint density at radius 1 is 1.38 bits per heavy atom. The first-order chi connectivity index (χ1) is 10.2. The van der Waals surface area contributed by atoms with Gasteiger partial charge >= 0.3 is 0 Å². The Hall–Kier alpha value is -1.53. The van der Waals surface area contributed by atoms with Gasteiger partial charge in [-0.1, -0.05) is 43.4 Å². The second-order valence-corrected chi connectivity index (χ2v) is 6.48. The van der Waals surface area contributed by atoms with Crippen LogP contribution in [0.15, 0.2) is 23.1 Å². The summed E-state index contributed by atoms with van der Waals surface area (Å²) in [5.41, 5.74) is 0.912. The predicted octanol–water partition coefficient (Wildman–Crippen LogP) is 3.42. The first kappa shape index (κ1) is 14.4. The van der Waals surface area contributed by atoms with Crippen molar-refractivity contribution in [2.24, 2.45) is 0 Å². The molecule has 1 aromatic carbocycles. The topological polar surface area (TPSA) is 38.8 Å². The molecular formula is C15H15NO3S2. The fourth-order valence-corrected chi connectivity index (χ4v) is 3.47. The van der Waals surface area contributed by atoms with Crippen LogP contribution in [0, 0.1) is 0 Å². The molecule has 3 rings (SSSR count). The van der Waals surface area contributed by atoms with Crippen molar-refractivity contribution >= 4 is 40.3 Å². The van der Waals surface area contributed by atoms with E-state index in [2.05, 4.69) is 6.92 Å². The largest absolute Gasteiger partial charge is 0.454 e. The van der Waals surface area contributed by atoms with E-state index in [-0.39, 0.29) is 12.7 Å². The van der Waals surface area contributed by atoms with Crippen LogP contribution in [-0.2, 0) is 4.79 Å². The van der Waals surface area contributed by atoms with Gasteiger partial charge in [-0.25, -0.2) is 0 Å². The summed E-state index contributed by atoms with van der Waals surface area (Å²) in [4.78, 5) is 14.7. The van der Waals surface area contributed by atoms with Gasteiger partial charge in [-0.05, 0) is 30.2 Å². The zero-order valence-corrected chi connectivity index (χ0v) is 13.3. The van der Waals surface area contributed by atoms with Crippen molar-refractivity contribution in [2.45, 2.75) is 19.8 Å². The van der Waals surface area contributed by atoms with Crippen LogP contribution in [0.25, 0.3) is 6.08 Å². The number of carbonyl (C=O) groups is 1. The first-order valence-electron chi connectivity index (χ1n) is 6.84. The highest BCUT2D eigenvalue weighted by Gasteiger charge is 2.31. The van der Waals surface area contributed by atoms with Crippen LogP contribution >= 0.6 is 24.0 Å². The van der Waals surface area contributed by atoms with Crippen LogP contribution in [0.4, 0.5) is 0 Å². The molecule has 1 fully saturated rings. The van der Waals surface area contributed by atoms with Crippen molar-refractivity contribution in [3.63, 3.8) is 0 Å². The maximum absolute atomic E-state index is 12.4. The van der Waals surface area contributed by atoms with Crippen molar-refractivity contribution < 1.29 is 14.3 Å². The van der Waals surface area contributed by atoms with E-state index in [4.69, 9.17) is 21.7 Å². The lowest BCUT2D eigenvalue weighted by atomic mass is 10.2. The fourth-order valence-electron chi connectivity index (χ4n) is 2.16. The Bertz CT molecular complexity index is 627. The molecule has 1 saturated heterocycles. The number of rotatable bonds is 4. The molecule has 0 aliphatic carbocycles. The Labute approximate surface area is 133 Å². The summed E-state index contributed by atoms with van der Waals surface area (Å²) in [6, 6.07) is 5.64. The number of hydrogen-bond acceptors (Lipinski definition) is 5. The van der Waals surface area contributed by atoms with E-state index >= 15 is 0 Å². The van der Waals surface area contributed by atoms with Crippen molar-refractivity contribution in [1.29, 1.82) is 0 Å². The molecule has 0 bridgehead atoms. The summed E-state index contributed by atoms with van der Waals surface area (Å²) >= 11 is 6.64. The minimum Gasteiger partial charge on any atom is -0.454 e. The van der Waals surface area contributed by atoms with Gasteiger partial charge in [-0.2, -0.15) is 0 Å². The number of thiocarbonyl (C=S) groups is 1. The maximum atomic E-state index is 12.4. The van der Waals surface area contributed by atoms with E-state index in [1.54, 1.807) is 4.90 Å². The summed E-state index contributed by atoms with van der Waals surface area (Å²) in [5.74, 6) is 1.45. The number of hydrogen-bond donors (Lipinski definition) is 0. The zero-order chi connectivity index (χ0) is 14.8. The van der Waals surface area contributed by atoms with Gasteiger partial charge in [0, 0.05) is 6.54 Å². The van der Waals surface area contributed by atoms with Crippen LogP contribution in [0.2, 0.25) is 0 Å².